The molecule has 1 fully saturated rings. The maximum absolute atomic E-state index is 13.9. The van der Waals surface area contributed by atoms with Gasteiger partial charge in [-0.15, -0.1) is 0 Å². The number of hydrogen-bond acceptors (Lipinski definition) is 3. The van der Waals surface area contributed by atoms with Crippen molar-refractivity contribution in [2.45, 2.75) is 25.3 Å². The fourth-order valence-corrected chi connectivity index (χ4v) is 2.33. The van der Waals surface area contributed by atoms with Gasteiger partial charge in [-0.3, -0.25) is 4.79 Å². The molecule has 5 heteroatoms. The zero-order valence-electron chi connectivity index (χ0n) is 9.90. The number of rotatable bonds is 2. The highest BCUT2D eigenvalue weighted by molar-refractivity contribution is 5.84. The SMILES string of the molecule is N#Cc1ccc(N2CCCCC2C(N)=O)c(F)c1. The van der Waals surface area contributed by atoms with Crippen LogP contribution in [0.2, 0.25) is 0 Å². The number of anilines is 1. The van der Waals surface area contributed by atoms with Crippen molar-refractivity contribution in [3.05, 3.63) is 29.6 Å². The summed E-state index contributed by atoms with van der Waals surface area (Å²) in [5.74, 6) is -0.916. The van der Waals surface area contributed by atoms with Gasteiger partial charge in [0.05, 0.1) is 17.3 Å². The smallest absolute Gasteiger partial charge is 0.240 e. The van der Waals surface area contributed by atoms with Gasteiger partial charge in [0.25, 0.3) is 0 Å². The molecule has 1 aliphatic heterocycles. The van der Waals surface area contributed by atoms with Crippen LogP contribution in [0.1, 0.15) is 24.8 Å². The van der Waals surface area contributed by atoms with Crippen LogP contribution in [0.5, 0.6) is 0 Å². The average Bonchev–Trinajstić information content (AvgIpc) is 2.38. The molecule has 0 radical (unpaired) electrons. The number of nitrogens with two attached hydrogens (primary N) is 1. The second-order valence-corrected chi connectivity index (χ2v) is 4.39. The number of carbonyl (C=O) groups is 1. The Kier molecular flexibility index (Phi) is 3.47. The third kappa shape index (κ3) is 2.28. The number of amides is 1. The standard InChI is InChI=1S/C13H14FN3O/c14-10-7-9(8-15)4-5-11(10)17-6-2-1-3-12(17)13(16)18/h4-5,7,12H,1-3,6H2,(H2,16,18). The highest BCUT2D eigenvalue weighted by Gasteiger charge is 2.28. The van der Waals surface area contributed by atoms with Crippen LogP contribution in [-0.4, -0.2) is 18.5 Å². The number of nitriles is 1. The van der Waals surface area contributed by atoms with E-state index in [9.17, 15) is 9.18 Å². The van der Waals surface area contributed by atoms with E-state index in [0.717, 1.165) is 12.8 Å². The van der Waals surface area contributed by atoms with Crippen molar-refractivity contribution in [3.63, 3.8) is 0 Å². The summed E-state index contributed by atoms with van der Waals surface area (Å²) in [6.45, 7) is 0.608. The van der Waals surface area contributed by atoms with Gasteiger partial charge in [0.1, 0.15) is 11.9 Å². The second kappa shape index (κ2) is 5.05. The molecule has 0 saturated carbocycles. The normalized spacial score (nSPS) is 19.3. The predicted molar refractivity (Wildman–Crippen MR) is 65.3 cm³/mol. The van der Waals surface area contributed by atoms with E-state index in [4.69, 9.17) is 11.0 Å². The van der Waals surface area contributed by atoms with Gasteiger partial charge < -0.3 is 10.6 Å². The lowest BCUT2D eigenvalue weighted by molar-refractivity contribution is -0.119. The summed E-state index contributed by atoms with van der Waals surface area (Å²) in [5.41, 5.74) is 5.96. The molecule has 0 aromatic heterocycles. The number of benzene rings is 1. The molecule has 2 rings (SSSR count). The van der Waals surface area contributed by atoms with Gasteiger partial charge in [0.2, 0.25) is 5.91 Å². The fourth-order valence-electron chi connectivity index (χ4n) is 2.33. The molecule has 1 atom stereocenters. The molecule has 0 bridgehead atoms. The largest absolute Gasteiger partial charge is 0.368 e. The van der Waals surface area contributed by atoms with E-state index in [1.54, 1.807) is 11.0 Å². The minimum atomic E-state index is -0.484. The van der Waals surface area contributed by atoms with Crippen LogP contribution in [0.15, 0.2) is 18.2 Å². The van der Waals surface area contributed by atoms with Crippen LogP contribution in [-0.2, 0) is 4.79 Å². The molecule has 2 N–H and O–H groups in total. The van der Waals surface area contributed by atoms with Crippen molar-refractivity contribution in [2.75, 3.05) is 11.4 Å². The Balaban J connectivity index is 2.34. The second-order valence-electron chi connectivity index (χ2n) is 4.39. The summed E-state index contributed by atoms with van der Waals surface area (Å²) in [6.07, 6.45) is 2.47. The molecular formula is C13H14FN3O. The van der Waals surface area contributed by atoms with Gasteiger partial charge in [-0.2, -0.15) is 5.26 Å². The van der Waals surface area contributed by atoms with Gasteiger partial charge in [-0.05, 0) is 37.5 Å². The van der Waals surface area contributed by atoms with Gasteiger partial charge in [-0.1, -0.05) is 0 Å². The van der Waals surface area contributed by atoms with Crippen LogP contribution in [0.4, 0.5) is 10.1 Å². The molecule has 1 aromatic carbocycles. The number of primary amides is 1. The Labute approximate surface area is 105 Å². The summed E-state index contributed by atoms with van der Waals surface area (Å²) in [4.78, 5) is 13.1. The summed E-state index contributed by atoms with van der Waals surface area (Å²) in [7, 11) is 0. The maximum atomic E-state index is 13.9. The van der Waals surface area contributed by atoms with Crippen LogP contribution >= 0.6 is 0 Å². The number of piperidine rings is 1. The summed E-state index contributed by atoms with van der Waals surface area (Å²) in [5, 5.41) is 8.70. The molecule has 1 aromatic rings. The van der Waals surface area contributed by atoms with Crippen molar-refractivity contribution in [1.82, 2.24) is 0 Å². The van der Waals surface area contributed by atoms with Gasteiger partial charge in [0.15, 0.2) is 0 Å². The Bertz CT molecular complexity index is 509. The zero-order chi connectivity index (χ0) is 13.1. The predicted octanol–water partition coefficient (Wildman–Crippen LogP) is 1.54. The van der Waals surface area contributed by atoms with E-state index in [1.807, 2.05) is 6.07 Å². The van der Waals surface area contributed by atoms with Crippen LogP contribution in [0.3, 0.4) is 0 Å². The molecule has 94 valence electrons. The summed E-state index contributed by atoms with van der Waals surface area (Å²) in [6, 6.07) is 5.69. The van der Waals surface area contributed by atoms with E-state index in [2.05, 4.69) is 0 Å². The third-order valence-corrected chi connectivity index (χ3v) is 3.22. The van der Waals surface area contributed by atoms with Crippen LogP contribution in [0, 0.1) is 17.1 Å². The lowest BCUT2D eigenvalue weighted by Gasteiger charge is -2.35. The van der Waals surface area contributed by atoms with Crippen molar-refractivity contribution in [2.24, 2.45) is 5.73 Å². The molecular weight excluding hydrogens is 233 g/mol. The molecule has 1 unspecified atom stereocenters. The monoisotopic (exact) mass is 247 g/mol. The van der Waals surface area contributed by atoms with E-state index in [0.29, 0.717) is 18.7 Å². The number of halogens is 1. The molecule has 1 aliphatic rings. The lowest BCUT2D eigenvalue weighted by Crippen LogP contribution is -2.48. The van der Waals surface area contributed by atoms with Crippen molar-refractivity contribution in [3.8, 4) is 6.07 Å². The number of carbonyl (C=O) groups excluding carboxylic acids is 1. The van der Waals surface area contributed by atoms with Crippen molar-refractivity contribution >= 4 is 11.6 Å². The number of hydrogen-bond donors (Lipinski definition) is 1. The van der Waals surface area contributed by atoms with Crippen molar-refractivity contribution < 1.29 is 9.18 Å². The van der Waals surface area contributed by atoms with Crippen LogP contribution < -0.4 is 10.6 Å². The minimum Gasteiger partial charge on any atom is -0.368 e. The van der Waals surface area contributed by atoms with Crippen LogP contribution in [0.25, 0.3) is 0 Å². The number of nitrogens with zero attached hydrogens (tertiary/aromatic N) is 2. The zero-order valence-corrected chi connectivity index (χ0v) is 9.90. The molecule has 1 heterocycles. The first-order valence-corrected chi connectivity index (χ1v) is 5.89. The average molecular weight is 247 g/mol. The van der Waals surface area contributed by atoms with Gasteiger partial charge in [-0.25, -0.2) is 4.39 Å². The highest BCUT2D eigenvalue weighted by atomic mass is 19.1. The van der Waals surface area contributed by atoms with Gasteiger partial charge in [0, 0.05) is 6.54 Å². The lowest BCUT2D eigenvalue weighted by atomic mass is 10.0. The Morgan fingerprint density at radius 2 is 2.28 bits per heavy atom. The molecule has 0 spiro atoms. The van der Waals surface area contributed by atoms with E-state index in [1.165, 1.54) is 12.1 Å². The first kappa shape index (κ1) is 12.4. The van der Waals surface area contributed by atoms with Crippen molar-refractivity contribution in [1.29, 1.82) is 5.26 Å². The molecule has 0 aliphatic carbocycles. The Hall–Kier alpha value is -2.09. The topological polar surface area (TPSA) is 70.1 Å². The fraction of sp³-hybridized carbons (Fsp3) is 0.385. The van der Waals surface area contributed by atoms with E-state index >= 15 is 0 Å². The quantitative estimate of drug-likeness (QED) is 0.861. The molecule has 1 saturated heterocycles. The van der Waals surface area contributed by atoms with E-state index < -0.39 is 17.8 Å². The van der Waals surface area contributed by atoms with E-state index in [-0.39, 0.29) is 5.56 Å². The van der Waals surface area contributed by atoms with Gasteiger partial charge >= 0.3 is 0 Å². The first-order valence-electron chi connectivity index (χ1n) is 5.89. The molecule has 4 nitrogen and oxygen atoms in total. The Morgan fingerprint density at radius 3 is 2.89 bits per heavy atom. The summed E-state index contributed by atoms with van der Waals surface area (Å²) < 4.78 is 13.9. The highest BCUT2D eigenvalue weighted by Crippen LogP contribution is 2.27. The third-order valence-electron chi connectivity index (χ3n) is 3.22. The maximum Gasteiger partial charge on any atom is 0.240 e. The first-order chi connectivity index (χ1) is 8.63. The molecule has 1 amide bonds. The summed E-state index contributed by atoms with van der Waals surface area (Å²) >= 11 is 0. The molecule has 18 heavy (non-hydrogen) atoms. The Morgan fingerprint density at radius 1 is 1.50 bits per heavy atom. The minimum absolute atomic E-state index is 0.267.